The number of amides is 2. The van der Waals surface area contributed by atoms with Crippen molar-refractivity contribution in [3.05, 3.63) is 117 Å². The number of anilines is 2. The van der Waals surface area contributed by atoms with E-state index in [2.05, 4.69) is 49.5 Å². The number of phenols is 1. The van der Waals surface area contributed by atoms with Crippen LogP contribution in [0.15, 0.2) is 89.7 Å². The van der Waals surface area contributed by atoms with Crippen LogP contribution in [0.3, 0.4) is 0 Å². The van der Waals surface area contributed by atoms with Gasteiger partial charge in [0.15, 0.2) is 8.32 Å². The van der Waals surface area contributed by atoms with Gasteiger partial charge in [0.1, 0.15) is 11.5 Å². The van der Waals surface area contributed by atoms with Crippen LogP contribution >= 0.6 is 11.6 Å². The number of hydrogen-bond acceptors (Lipinski definition) is 8. The summed E-state index contributed by atoms with van der Waals surface area (Å²) in [7, 11) is -0.729. The summed E-state index contributed by atoms with van der Waals surface area (Å²) < 4.78 is 12.7. The minimum absolute atomic E-state index is 0.0142. The summed E-state index contributed by atoms with van der Waals surface area (Å²) in [4.78, 5) is 42.8. The molecule has 0 saturated heterocycles. The number of nitrogens with zero attached hydrogens (tertiary/aromatic N) is 1. The molecule has 1 aromatic heterocycles. The summed E-state index contributed by atoms with van der Waals surface area (Å²) in [6.45, 7) is 13.7. The van der Waals surface area contributed by atoms with E-state index >= 15 is 0 Å². The number of nitrogens with two attached hydrogens (primary N) is 1. The van der Waals surface area contributed by atoms with Gasteiger partial charge in [-0.15, -0.1) is 0 Å². The molecule has 1 aliphatic rings. The third-order valence-corrected chi connectivity index (χ3v) is 17.7. The number of carboxylic acid groups (broad SMARTS) is 1. The highest BCUT2D eigenvalue weighted by molar-refractivity contribution is 6.74. The van der Waals surface area contributed by atoms with Crippen LogP contribution in [0.1, 0.15) is 89.0 Å². The van der Waals surface area contributed by atoms with E-state index in [4.69, 9.17) is 26.5 Å². The van der Waals surface area contributed by atoms with Gasteiger partial charge in [0.2, 0.25) is 11.5 Å². The molecule has 1 saturated carbocycles. The molecule has 12 nitrogen and oxygen atoms in total. The van der Waals surface area contributed by atoms with Crippen LogP contribution in [0, 0.1) is 0 Å². The van der Waals surface area contributed by atoms with Gasteiger partial charge in [-0.2, -0.15) is 0 Å². The number of halogens is 1. The van der Waals surface area contributed by atoms with Crippen molar-refractivity contribution in [3.63, 3.8) is 0 Å². The van der Waals surface area contributed by atoms with Gasteiger partial charge < -0.3 is 40.7 Å². The average Bonchev–Trinajstić information content (AvgIpc) is 3.23. The van der Waals surface area contributed by atoms with E-state index in [-0.39, 0.29) is 34.7 Å². The van der Waals surface area contributed by atoms with E-state index in [0.29, 0.717) is 71.8 Å². The normalized spacial score (nSPS) is 17.3. The fourth-order valence-electron chi connectivity index (χ4n) is 8.20. The number of phenolic OH excluding ortho intramolecular Hbond substituents is 1. The number of carbonyl (C=O) groups excluding carboxylic acids is 1. The zero-order valence-corrected chi connectivity index (χ0v) is 39.2. The molecule has 0 radical (unpaired) electrons. The van der Waals surface area contributed by atoms with Gasteiger partial charge in [-0.25, -0.2) is 4.79 Å². The van der Waals surface area contributed by atoms with E-state index in [1.54, 1.807) is 31.4 Å². The maximum absolute atomic E-state index is 13.4. The second-order valence-corrected chi connectivity index (χ2v) is 23.7. The van der Waals surface area contributed by atoms with E-state index < -0.39 is 26.1 Å². The lowest BCUT2D eigenvalue weighted by Crippen LogP contribution is -2.53. The highest BCUT2D eigenvalue weighted by Crippen LogP contribution is 2.43. The highest BCUT2D eigenvalue weighted by Gasteiger charge is 2.41. The van der Waals surface area contributed by atoms with Crippen molar-refractivity contribution in [3.8, 4) is 22.6 Å². The van der Waals surface area contributed by atoms with Crippen LogP contribution in [-0.4, -0.2) is 60.8 Å². The van der Waals surface area contributed by atoms with Crippen molar-refractivity contribution in [2.24, 2.45) is 5.73 Å². The quantitative estimate of drug-likeness (QED) is 0.0526. The Kier molecular flexibility index (Phi) is 14.8. The van der Waals surface area contributed by atoms with Gasteiger partial charge in [-0.1, -0.05) is 80.9 Å². The van der Waals surface area contributed by atoms with Crippen LogP contribution in [0.5, 0.6) is 11.5 Å². The SMILES string of the molecule is COc1cc(NC(=O)CCCc2ccc(-c3ccccc3)c(N(C(=O)O)C3(C)CCC(N)CC3)c2)c(Cl)cc1CNC[C@@H](O[Si](C)(C)C(C)(C)C)c1ccc(O)c2[nH]c(=O)ccc12. The Morgan fingerprint density at radius 1 is 1.03 bits per heavy atom. The first-order valence-electron chi connectivity index (χ1n) is 21.7. The molecule has 0 spiro atoms. The summed E-state index contributed by atoms with van der Waals surface area (Å²) in [5.74, 6) is 0.316. The van der Waals surface area contributed by atoms with Gasteiger partial charge in [-0.05, 0) is 105 Å². The van der Waals surface area contributed by atoms with Crippen molar-refractivity contribution in [2.45, 2.75) is 115 Å². The molecule has 4 aromatic carbocycles. The van der Waals surface area contributed by atoms with Crippen LogP contribution in [0.4, 0.5) is 16.2 Å². The molecule has 1 fully saturated rings. The minimum atomic E-state index is -2.30. The van der Waals surface area contributed by atoms with E-state index in [9.17, 15) is 24.6 Å². The molecule has 63 heavy (non-hydrogen) atoms. The van der Waals surface area contributed by atoms with E-state index in [1.807, 2.05) is 61.5 Å². The Balaban J connectivity index is 1.14. The Morgan fingerprint density at radius 2 is 1.75 bits per heavy atom. The number of rotatable bonds is 16. The van der Waals surface area contributed by atoms with Crippen molar-refractivity contribution in [1.82, 2.24) is 10.3 Å². The first-order chi connectivity index (χ1) is 29.8. The molecular weight excluding hydrogens is 834 g/mol. The van der Waals surface area contributed by atoms with Crippen molar-refractivity contribution in [2.75, 3.05) is 23.9 Å². The molecule has 6 rings (SSSR count). The smallest absolute Gasteiger partial charge is 0.412 e. The lowest BCUT2D eigenvalue weighted by Gasteiger charge is -2.44. The first-order valence-corrected chi connectivity index (χ1v) is 25.0. The molecule has 7 N–H and O–H groups in total. The zero-order chi connectivity index (χ0) is 45.7. The van der Waals surface area contributed by atoms with Gasteiger partial charge >= 0.3 is 6.09 Å². The summed E-state index contributed by atoms with van der Waals surface area (Å²) in [5, 5.41) is 28.7. The zero-order valence-electron chi connectivity index (χ0n) is 37.4. The average molecular weight is 897 g/mol. The minimum Gasteiger partial charge on any atom is -0.506 e. The summed E-state index contributed by atoms with van der Waals surface area (Å²) in [5.41, 5.74) is 11.1. The fraction of sp³-hybridized carbons (Fsp3) is 0.408. The molecule has 2 amide bonds. The highest BCUT2D eigenvalue weighted by atomic mass is 35.5. The van der Waals surface area contributed by atoms with Crippen LogP contribution in [-0.2, 0) is 22.2 Å². The molecule has 5 aromatic rings. The Morgan fingerprint density at radius 3 is 2.41 bits per heavy atom. The predicted octanol–water partition coefficient (Wildman–Crippen LogP) is 10.5. The maximum atomic E-state index is 13.4. The molecule has 1 atom stereocenters. The molecule has 0 aliphatic heterocycles. The Labute approximate surface area is 376 Å². The van der Waals surface area contributed by atoms with E-state index in [1.165, 1.54) is 11.0 Å². The number of nitrogens with one attached hydrogen (secondary N) is 3. The number of aromatic hydroxyl groups is 1. The number of fused-ring (bicyclic) bond motifs is 1. The maximum Gasteiger partial charge on any atom is 0.412 e. The second kappa shape index (κ2) is 19.7. The molecule has 1 heterocycles. The molecule has 1 aliphatic carbocycles. The first kappa shape index (κ1) is 47.3. The topological polar surface area (TPSA) is 179 Å². The Hall–Kier alpha value is -5.18. The molecule has 14 heteroatoms. The number of hydrogen-bond donors (Lipinski definition) is 6. The van der Waals surface area contributed by atoms with E-state index in [0.717, 1.165) is 40.7 Å². The lowest BCUT2D eigenvalue weighted by atomic mass is 9.79. The number of aromatic nitrogens is 1. The van der Waals surface area contributed by atoms with Gasteiger partial charge in [0.05, 0.1) is 35.1 Å². The lowest BCUT2D eigenvalue weighted by molar-refractivity contribution is -0.116. The van der Waals surface area contributed by atoms with Gasteiger partial charge in [0.25, 0.3) is 0 Å². The molecule has 0 unspecified atom stereocenters. The third kappa shape index (κ3) is 11.1. The molecule has 0 bridgehead atoms. The number of pyridine rings is 1. The molecular formula is C49H62ClN5O7Si. The second-order valence-electron chi connectivity index (χ2n) is 18.5. The van der Waals surface area contributed by atoms with Gasteiger partial charge in [-0.3, -0.25) is 14.5 Å². The monoisotopic (exact) mass is 895 g/mol. The molecule has 336 valence electrons. The number of carbonyl (C=O) groups is 2. The number of benzene rings is 4. The number of aromatic amines is 1. The Bertz CT molecular complexity index is 2480. The number of aryl methyl sites for hydroxylation is 1. The largest absolute Gasteiger partial charge is 0.506 e. The van der Waals surface area contributed by atoms with Crippen LogP contribution in [0.2, 0.25) is 23.2 Å². The van der Waals surface area contributed by atoms with Crippen molar-refractivity contribution >= 4 is 54.2 Å². The standard InChI is InChI=1S/C49H62ClN5O7Si/c1-48(2,3)63(6,7)62-43(36-18-20-41(56)46-37(36)19-21-45(58)54-46)30-52-29-33-27-38(50)39(28-42(33)61-5)53-44(57)15-11-12-31-16-17-35(32-13-9-8-10-14-32)40(26-31)55(47(59)60)49(4)24-22-34(51)23-25-49/h8-10,13-14,16-21,26-28,34,43,52,56H,11-12,15,22-25,29-30,51H2,1-7H3,(H,53,57)(H,54,58)(H,59,60)/t34?,43-,49?/m1/s1. The third-order valence-electron chi connectivity index (χ3n) is 12.9. The predicted molar refractivity (Wildman–Crippen MR) is 256 cm³/mol. The number of methoxy groups -OCH3 is 1. The summed E-state index contributed by atoms with van der Waals surface area (Å²) in [6.07, 6.45) is 2.72. The summed E-state index contributed by atoms with van der Waals surface area (Å²) >= 11 is 6.79. The number of ether oxygens (including phenoxy) is 1. The van der Waals surface area contributed by atoms with Crippen LogP contribution in [0.25, 0.3) is 22.0 Å². The fourth-order valence-corrected chi connectivity index (χ4v) is 9.71. The van der Waals surface area contributed by atoms with Crippen LogP contribution < -0.4 is 31.6 Å². The van der Waals surface area contributed by atoms with Gasteiger partial charge in [0, 0.05) is 59.7 Å². The number of H-pyrrole nitrogens is 1. The van der Waals surface area contributed by atoms with Crippen molar-refractivity contribution in [1.29, 1.82) is 0 Å². The summed E-state index contributed by atoms with van der Waals surface area (Å²) in [6, 6.07) is 25.9. The van der Waals surface area contributed by atoms with Crippen molar-refractivity contribution < 1.29 is 29.0 Å².